The van der Waals surface area contributed by atoms with Crippen LogP contribution in [0.3, 0.4) is 0 Å². The molecule has 0 heterocycles. The molecule has 0 saturated heterocycles. The van der Waals surface area contributed by atoms with E-state index in [1.54, 1.807) is 54.6 Å². The fourth-order valence-electron chi connectivity index (χ4n) is 2.43. The van der Waals surface area contributed by atoms with Gasteiger partial charge in [-0.2, -0.15) is 0 Å². The van der Waals surface area contributed by atoms with Gasteiger partial charge in [0, 0.05) is 5.56 Å². The topological polar surface area (TPSA) is 76.7 Å². The average molecular weight is 382 g/mol. The summed E-state index contributed by atoms with van der Waals surface area (Å²) in [6, 6.07) is 13.6. The van der Waals surface area contributed by atoms with Crippen LogP contribution >= 0.6 is 0 Å². The Kier molecular flexibility index (Phi) is 8.59. The molecule has 2 N–H and O–H groups in total. The predicted molar refractivity (Wildman–Crippen MR) is 109 cm³/mol. The zero-order chi connectivity index (χ0) is 20.2. The number of rotatable bonds is 10. The quantitative estimate of drug-likeness (QED) is 0.371. The first-order chi connectivity index (χ1) is 13.7. The summed E-state index contributed by atoms with van der Waals surface area (Å²) in [5.74, 6) is 0.239. The molecule has 2 aromatic carbocycles. The number of hydrogen-bond donors (Lipinski definition) is 2. The SMILES string of the molecule is C=CCOc1ccccc1C(=O)NNC(=O)c1ccc(OCCCCC)cc1. The fourth-order valence-corrected chi connectivity index (χ4v) is 2.43. The number of carbonyl (C=O) groups excluding carboxylic acids is 2. The van der Waals surface area contributed by atoms with Crippen molar-refractivity contribution in [1.82, 2.24) is 10.9 Å². The number of unbranched alkanes of at least 4 members (excludes halogenated alkanes) is 2. The monoisotopic (exact) mass is 382 g/mol. The number of para-hydroxylation sites is 1. The number of benzene rings is 2. The summed E-state index contributed by atoms with van der Waals surface area (Å²) >= 11 is 0. The third-order valence-corrected chi connectivity index (χ3v) is 3.91. The Hall–Kier alpha value is -3.28. The van der Waals surface area contributed by atoms with E-state index in [1.165, 1.54) is 0 Å². The Labute approximate surface area is 165 Å². The zero-order valence-electron chi connectivity index (χ0n) is 16.1. The minimum atomic E-state index is -0.469. The van der Waals surface area contributed by atoms with Gasteiger partial charge in [-0.15, -0.1) is 0 Å². The maximum Gasteiger partial charge on any atom is 0.273 e. The van der Waals surface area contributed by atoms with Gasteiger partial charge in [0.2, 0.25) is 0 Å². The van der Waals surface area contributed by atoms with Gasteiger partial charge >= 0.3 is 0 Å². The zero-order valence-corrected chi connectivity index (χ0v) is 16.1. The van der Waals surface area contributed by atoms with E-state index in [2.05, 4.69) is 24.4 Å². The van der Waals surface area contributed by atoms with Crippen LogP contribution in [0.2, 0.25) is 0 Å². The van der Waals surface area contributed by atoms with Gasteiger partial charge in [-0.05, 0) is 42.8 Å². The fraction of sp³-hybridized carbons (Fsp3) is 0.273. The molecule has 2 aromatic rings. The normalized spacial score (nSPS) is 10.0. The summed E-state index contributed by atoms with van der Waals surface area (Å²) in [6.07, 6.45) is 4.86. The van der Waals surface area contributed by atoms with Crippen LogP contribution < -0.4 is 20.3 Å². The van der Waals surface area contributed by atoms with Crippen LogP contribution in [-0.4, -0.2) is 25.0 Å². The second-order valence-electron chi connectivity index (χ2n) is 6.08. The maximum atomic E-state index is 12.3. The largest absolute Gasteiger partial charge is 0.494 e. The lowest BCUT2D eigenvalue weighted by atomic mass is 10.2. The highest BCUT2D eigenvalue weighted by atomic mass is 16.5. The van der Waals surface area contributed by atoms with Gasteiger partial charge in [-0.3, -0.25) is 20.4 Å². The number of hydrogen-bond acceptors (Lipinski definition) is 4. The molecular weight excluding hydrogens is 356 g/mol. The molecule has 2 amide bonds. The minimum Gasteiger partial charge on any atom is -0.494 e. The van der Waals surface area contributed by atoms with Crippen molar-refractivity contribution in [1.29, 1.82) is 0 Å². The number of carbonyl (C=O) groups is 2. The highest BCUT2D eigenvalue weighted by molar-refractivity contribution is 6.00. The number of hydrazine groups is 1. The van der Waals surface area contributed by atoms with Gasteiger partial charge in [0.1, 0.15) is 18.1 Å². The van der Waals surface area contributed by atoms with Gasteiger partial charge in [0.15, 0.2) is 0 Å². The van der Waals surface area contributed by atoms with E-state index in [0.717, 1.165) is 19.3 Å². The summed E-state index contributed by atoms with van der Waals surface area (Å²) < 4.78 is 11.1. The first-order valence-corrected chi connectivity index (χ1v) is 9.32. The number of nitrogens with one attached hydrogen (secondary N) is 2. The van der Waals surface area contributed by atoms with Crippen molar-refractivity contribution in [3.63, 3.8) is 0 Å². The number of amides is 2. The summed E-state index contributed by atoms with van der Waals surface area (Å²) in [5, 5.41) is 0. The Morgan fingerprint density at radius 1 is 0.964 bits per heavy atom. The molecule has 28 heavy (non-hydrogen) atoms. The maximum absolute atomic E-state index is 12.3. The second kappa shape index (κ2) is 11.4. The molecule has 6 heteroatoms. The Balaban J connectivity index is 1.88. The lowest BCUT2D eigenvalue weighted by Gasteiger charge is -2.11. The van der Waals surface area contributed by atoms with Crippen LogP contribution in [0.4, 0.5) is 0 Å². The van der Waals surface area contributed by atoms with Crippen molar-refractivity contribution in [3.05, 3.63) is 72.3 Å². The van der Waals surface area contributed by atoms with Gasteiger partial charge in [0.25, 0.3) is 11.8 Å². The van der Waals surface area contributed by atoms with E-state index in [9.17, 15) is 9.59 Å². The molecule has 0 bridgehead atoms. The molecule has 0 aliphatic rings. The van der Waals surface area contributed by atoms with Gasteiger partial charge in [0.05, 0.1) is 12.2 Å². The van der Waals surface area contributed by atoms with Crippen LogP contribution in [0, 0.1) is 0 Å². The van der Waals surface area contributed by atoms with Crippen molar-refractivity contribution < 1.29 is 19.1 Å². The Morgan fingerprint density at radius 3 is 2.39 bits per heavy atom. The molecule has 0 aliphatic heterocycles. The lowest BCUT2D eigenvalue weighted by molar-refractivity contribution is 0.0844. The third-order valence-electron chi connectivity index (χ3n) is 3.91. The van der Waals surface area contributed by atoms with Crippen LogP contribution in [0.15, 0.2) is 61.2 Å². The molecular formula is C22H26N2O4. The van der Waals surface area contributed by atoms with Crippen LogP contribution in [0.25, 0.3) is 0 Å². The average Bonchev–Trinajstić information content (AvgIpc) is 2.74. The lowest BCUT2D eigenvalue weighted by Crippen LogP contribution is -2.41. The molecule has 0 aromatic heterocycles. The molecule has 0 fully saturated rings. The van der Waals surface area contributed by atoms with Crippen molar-refractivity contribution in [2.45, 2.75) is 26.2 Å². The van der Waals surface area contributed by atoms with Gasteiger partial charge in [-0.25, -0.2) is 0 Å². The smallest absolute Gasteiger partial charge is 0.273 e. The van der Waals surface area contributed by atoms with E-state index >= 15 is 0 Å². The standard InChI is InChI=1S/C22H26N2O4/c1-3-5-8-16-27-18-13-11-17(12-14-18)21(25)23-24-22(26)19-9-6-7-10-20(19)28-15-4-2/h4,6-7,9-14H,2-3,5,8,15-16H2,1H3,(H,23,25)(H,24,26). The van der Waals surface area contributed by atoms with Crippen molar-refractivity contribution in [2.75, 3.05) is 13.2 Å². The highest BCUT2D eigenvalue weighted by Crippen LogP contribution is 2.17. The van der Waals surface area contributed by atoms with E-state index in [4.69, 9.17) is 9.47 Å². The Bertz CT molecular complexity index is 787. The molecule has 148 valence electrons. The van der Waals surface area contributed by atoms with E-state index in [0.29, 0.717) is 29.2 Å². The molecule has 2 rings (SSSR count). The van der Waals surface area contributed by atoms with E-state index in [1.807, 2.05) is 0 Å². The van der Waals surface area contributed by atoms with Gasteiger partial charge < -0.3 is 9.47 Å². The molecule has 6 nitrogen and oxygen atoms in total. The summed E-state index contributed by atoms with van der Waals surface area (Å²) in [4.78, 5) is 24.6. The molecule has 0 saturated carbocycles. The third kappa shape index (κ3) is 6.46. The van der Waals surface area contributed by atoms with Crippen molar-refractivity contribution in [3.8, 4) is 11.5 Å². The first kappa shape index (κ1) is 21.0. The van der Waals surface area contributed by atoms with Crippen LogP contribution in [-0.2, 0) is 0 Å². The summed E-state index contributed by atoms with van der Waals surface area (Å²) in [5.41, 5.74) is 5.54. The molecule has 0 unspecified atom stereocenters. The van der Waals surface area contributed by atoms with E-state index in [-0.39, 0.29) is 6.61 Å². The predicted octanol–water partition coefficient (Wildman–Crippen LogP) is 3.90. The number of ether oxygens (including phenoxy) is 2. The first-order valence-electron chi connectivity index (χ1n) is 9.32. The van der Waals surface area contributed by atoms with Crippen molar-refractivity contribution >= 4 is 11.8 Å². The molecule has 0 radical (unpaired) electrons. The van der Waals surface area contributed by atoms with Gasteiger partial charge in [-0.1, -0.05) is 44.6 Å². The highest BCUT2D eigenvalue weighted by Gasteiger charge is 2.13. The van der Waals surface area contributed by atoms with Crippen LogP contribution in [0.1, 0.15) is 46.9 Å². The van der Waals surface area contributed by atoms with Crippen molar-refractivity contribution in [2.24, 2.45) is 0 Å². The molecule has 0 spiro atoms. The van der Waals surface area contributed by atoms with E-state index < -0.39 is 11.8 Å². The molecule has 0 aliphatic carbocycles. The summed E-state index contributed by atoms with van der Waals surface area (Å²) in [6.45, 7) is 6.66. The van der Waals surface area contributed by atoms with Crippen LogP contribution in [0.5, 0.6) is 11.5 Å². The second-order valence-corrected chi connectivity index (χ2v) is 6.08. The Morgan fingerprint density at radius 2 is 1.68 bits per heavy atom. The minimum absolute atomic E-state index is 0.281. The molecule has 0 atom stereocenters. The summed E-state index contributed by atoms with van der Waals surface area (Å²) in [7, 11) is 0.